The van der Waals surface area contributed by atoms with Crippen molar-refractivity contribution < 1.29 is 9.90 Å². The van der Waals surface area contributed by atoms with E-state index in [1.807, 2.05) is 60.7 Å². The molecule has 0 unspecified atom stereocenters. The number of benzene rings is 2. The zero-order chi connectivity index (χ0) is 14.6. The average Bonchev–Trinajstić information content (AvgIpc) is 2.49. The molecule has 2 aromatic carbocycles. The van der Waals surface area contributed by atoms with Gasteiger partial charge in [-0.3, -0.25) is 4.79 Å². The molecule has 0 aromatic heterocycles. The van der Waals surface area contributed by atoms with Crippen molar-refractivity contribution in [3.8, 4) is 0 Å². The van der Waals surface area contributed by atoms with Gasteiger partial charge in [-0.25, -0.2) is 0 Å². The molecule has 104 valence electrons. The molecule has 0 bridgehead atoms. The number of rotatable bonds is 5. The minimum Gasteiger partial charge on any atom is -0.395 e. The van der Waals surface area contributed by atoms with Crippen molar-refractivity contribution in [3.63, 3.8) is 0 Å². The number of hydrogen-bond acceptors (Lipinski definition) is 2. The third-order valence-electron chi connectivity index (χ3n) is 3.21. The molecule has 0 aliphatic rings. The van der Waals surface area contributed by atoms with Crippen LogP contribution < -0.4 is 10.6 Å². The number of carbonyl (C=O) groups excluding carboxylic acids is 1. The van der Waals surface area contributed by atoms with Crippen LogP contribution in [-0.2, 0) is 4.79 Å². The second-order valence-corrected chi connectivity index (χ2v) is 7.46. The summed E-state index contributed by atoms with van der Waals surface area (Å²) >= 11 is 0. The molecule has 0 heterocycles. The first-order valence-electron chi connectivity index (χ1n) is 6.62. The van der Waals surface area contributed by atoms with E-state index in [1.165, 1.54) is 0 Å². The van der Waals surface area contributed by atoms with Crippen molar-refractivity contribution in [3.05, 3.63) is 60.7 Å². The lowest BCUT2D eigenvalue weighted by Crippen LogP contribution is -2.32. The van der Waals surface area contributed by atoms with Gasteiger partial charge in [-0.1, -0.05) is 74.5 Å². The van der Waals surface area contributed by atoms with Gasteiger partial charge in [0.2, 0.25) is 0 Å². The van der Waals surface area contributed by atoms with Gasteiger partial charge in [0.15, 0.2) is 5.52 Å². The van der Waals surface area contributed by atoms with Crippen LogP contribution in [0, 0.1) is 5.41 Å². The number of aliphatic hydroxyl groups excluding tert-OH is 1. The summed E-state index contributed by atoms with van der Waals surface area (Å²) in [5, 5.41) is 11.6. The fourth-order valence-corrected chi connectivity index (χ4v) is 4.29. The Kier molecular flexibility index (Phi) is 4.69. The van der Waals surface area contributed by atoms with Crippen molar-refractivity contribution >= 4 is 24.1 Å². The van der Waals surface area contributed by atoms with E-state index >= 15 is 0 Å². The molecule has 3 heteroatoms. The molecule has 0 spiro atoms. The third kappa shape index (κ3) is 3.15. The normalized spacial score (nSPS) is 11.6. The van der Waals surface area contributed by atoms with Gasteiger partial charge in [-0.2, -0.15) is 0 Å². The number of carbonyl (C=O) groups is 1. The van der Waals surface area contributed by atoms with Gasteiger partial charge in [0.05, 0.1) is 12.0 Å². The summed E-state index contributed by atoms with van der Waals surface area (Å²) in [6.07, 6.45) is 0. The predicted molar refractivity (Wildman–Crippen MR) is 84.9 cm³/mol. The molecule has 2 aromatic rings. The lowest BCUT2D eigenvalue weighted by Gasteiger charge is -2.27. The molecule has 0 amide bonds. The van der Waals surface area contributed by atoms with Gasteiger partial charge in [0.1, 0.15) is 0 Å². The molecule has 0 saturated heterocycles. The van der Waals surface area contributed by atoms with Crippen LogP contribution in [-0.4, -0.2) is 17.2 Å². The van der Waals surface area contributed by atoms with E-state index in [9.17, 15) is 9.90 Å². The molecule has 2 rings (SSSR count). The molecule has 0 fully saturated rings. The second-order valence-electron chi connectivity index (χ2n) is 5.35. The molecular weight excluding hydrogens is 267 g/mol. The van der Waals surface area contributed by atoms with Crippen LogP contribution in [0.25, 0.3) is 0 Å². The van der Waals surface area contributed by atoms with Gasteiger partial charge < -0.3 is 5.11 Å². The summed E-state index contributed by atoms with van der Waals surface area (Å²) in [4.78, 5) is 12.9. The molecule has 0 aliphatic carbocycles. The fourth-order valence-electron chi connectivity index (χ4n) is 1.91. The van der Waals surface area contributed by atoms with E-state index in [0.29, 0.717) is 0 Å². The van der Waals surface area contributed by atoms with Gasteiger partial charge in [-0.05, 0) is 10.6 Å². The van der Waals surface area contributed by atoms with Crippen LogP contribution in [0.5, 0.6) is 0 Å². The maximum absolute atomic E-state index is 12.9. The molecule has 0 atom stereocenters. The summed E-state index contributed by atoms with van der Waals surface area (Å²) in [5.41, 5.74) is -0.621. The topological polar surface area (TPSA) is 37.3 Å². The molecule has 0 radical (unpaired) electrons. The standard InChI is InChI=1S/C17H19O2P/c1-17(2,13-18)16(19)20(14-9-5-3-6-10-14)15-11-7-4-8-12-15/h3-12,18H,13H2,1-2H3. The van der Waals surface area contributed by atoms with Crippen LogP contribution in [0.4, 0.5) is 0 Å². The minimum atomic E-state index is -1.10. The molecule has 2 nitrogen and oxygen atoms in total. The highest BCUT2D eigenvalue weighted by Gasteiger charge is 2.34. The SMILES string of the molecule is CC(C)(CO)C(=O)P(c1ccccc1)c1ccccc1. The molecule has 0 saturated carbocycles. The summed E-state index contributed by atoms with van der Waals surface area (Å²) in [6.45, 7) is 3.47. The Bertz CT molecular complexity index is 525. The summed E-state index contributed by atoms with van der Waals surface area (Å²) in [5.74, 6) is 0. The Morgan fingerprint density at radius 1 is 0.950 bits per heavy atom. The first kappa shape index (κ1) is 14.9. The average molecular weight is 286 g/mol. The Hall–Kier alpha value is -1.50. The van der Waals surface area contributed by atoms with Gasteiger partial charge in [0, 0.05) is 7.92 Å². The lowest BCUT2D eigenvalue weighted by molar-refractivity contribution is -0.120. The maximum Gasteiger partial charge on any atom is 0.171 e. The third-order valence-corrected chi connectivity index (χ3v) is 5.85. The monoisotopic (exact) mass is 286 g/mol. The van der Waals surface area contributed by atoms with Crippen LogP contribution in [0.3, 0.4) is 0 Å². The first-order chi connectivity index (χ1) is 9.56. The van der Waals surface area contributed by atoms with Crippen molar-refractivity contribution in [2.75, 3.05) is 6.61 Å². The van der Waals surface area contributed by atoms with Gasteiger partial charge in [0.25, 0.3) is 0 Å². The molecule has 1 N–H and O–H groups in total. The lowest BCUT2D eigenvalue weighted by atomic mass is 9.97. The van der Waals surface area contributed by atoms with E-state index in [1.54, 1.807) is 13.8 Å². The Morgan fingerprint density at radius 3 is 1.70 bits per heavy atom. The van der Waals surface area contributed by atoms with Crippen molar-refractivity contribution in [2.24, 2.45) is 5.41 Å². The highest BCUT2D eigenvalue weighted by atomic mass is 31.1. The first-order valence-corrected chi connectivity index (χ1v) is 7.96. The highest BCUT2D eigenvalue weighted by molar-refractivity contribution is 7.87. The quantitative estimate of drug-likeness (QED) is 0.858. The largest absolute Gasteiger partial charge is 0.395 e. The van der Waals surface area contributed by atoms with E-state index < -0.39 is 13.3 Å². The summed E-state index contributed by atoms with van der Waals surface area (Å²) < 4.78 is 0. The van der Waals surface area contributed by atoms with E-state index in [2.05, 4.69) is 0 Å². The maximum atomic E-state index is 12.9. The molecular formula is C17H19O2P. The Balaban J connectivity index is 2.49. The molecule has 0 aliphatic heterocycles. The van der Waals surface area contributed by atoms with Crippen molar-refractivity contribution in [1.29, 1.82) is 0 Å². The highest BCUT2D eigenvalue weighted by Crippen LogP contribution is 2.41. The predicted octanol–water partition coefficient (Wildman–Crippen LogP) is 2.66. The van der Waals surface area contributed by atoms with Crippen molar-refractivity contribution in [2.45, 2.75) is 13.8 Å². The van der Waals surface area contributed by atoms with E-state index in [-0.39, 0.29) is 12.1 Å². The van der Waals surface area contributed by atoms with Crippen LogP contribution in [0.2, 0.25) is 0 Å². The zero-order valence-corrected chi connectivity index (χ0v) is 12.7. The van der Waals surface area contributed by atoms with Crippen LogP contribution in [0.1, 0.15) is 13.8 Å². The van der Waals surface area contributed by atoms with Crippen LogP contribution >= 0.6 is 7.92 Å². The van der Waals surface area contributed by atoms with E-state index in [4.69, 9.17) is 0 Å². The number of aliphatic hydroxyl groups is 1. The zero-order valence-electron chi connectivity index (χ0n) is 11.8. The second kappa shape index (κ2) is 6.30. The fraction of sp³-hybridized carbons (Fsp3) is 0.235. The van der Waals surface area contributed by atoms with Crippen LogP contribution in [0.15, 0.2) is 60.7 Å². The summed E-state index contributed by atoms with van der Waals surface area (Å²) in [7, 11) is -1.10. The van der Waals surface area contributed by atoms with Gasteiger partial charge >= 0.3 is 0 Å². The van der Waals surface area contributed by atoms with Gasteiger partial charge in [-0.15, -0.1) is 0 Å². The van der Waals surface area contributed by atoms with Crippen molar-refractivity contribution in [1.82, 2.24) is 0 Å². The number of hydrogen-bond donors (Lipinski definition) is 1. The summed E-state index contributed by atoms with van der Waals surface area (Å²) in [6, 6.07) is 19.7. The Morgan fingerprint density at radius 2 is 1.35 bits per heavy atom. The smallest absolute Gasteiger partial charge is 0.171 e. The van der Waals surface area contributed by atoms with E-state index in [0.717, 1.165) is 10.6 Å². The minimum absolute atomic E-state index is 0.104. The Labute approximate surface area is 121 Å². The molecule has 20 heavy (non-hydrogen) atoms.